The fraction of sp³-hybridized carbons (Fsp3) is 0.625. The van der Waals surface area contributed by atoms with Gasteiger partial charge in [-0.3, -0.25) is 9.36 Å². The molecule has 0 amide bonds. The molecule has 1 N–H and O–H groups in total. The zero-order chi connectivity index (χ0) is 15.0. The van der Waals surface area contributed by atoms with E-state index in [0.717, 1.165) is 21.7 Å². The lowest BCUT2D eigenvalue weighted by molar-refractivity contribution is 0.123. The van der Waals surface area contributed by atoms with Crippen molar-refractivity contribution < 1.29 is 5.11 Å². The number of aliphatic hydroxyl groups excluding tert-OH is 1. The van der Waals surface area contributed by atoms with Gasteiger partial charge in [-0.25, -0.2) is 4.98 Å². The molecule has 1 saturated carbocycles. The number of aryl methyl sites for hydroxylation is 2. The average Bonchev–Trinajstić information content (AvgIpc) is 3.03. The third-order valence-corrected chi connectivity index (χ3v) is 5.76. The first-order valence-electron chi connectivity index (χ1n) is 7.69. The lowest BCUT2D eigenvalue weighted by Crippen LogP contribution is -2.28. The molecule has 3 rings (SSSR count). The van der Waals surface area contributed by atoms with Crippen molar-refractivity contribution in [1.82, 2.24) is 9.55 Å². The summed E-state index contributed by atoms with van der Waals surface area (Å²) in [4.78, 5) is 18.9. The summed E-state index contributed by atoms with van der Waals surface area (Å²) >= 11 is 1.56. The number of nitrogens with zero attached hydrogens (tertiary/aromatic N) is 2. The van der Waals surface area contributed by atoms with Gasteiger partial charge >= 0.3 is 0 Å². The van der Waals surface area contributed by atoms with E-state index >= 15 is 0 Å². The zero-order valence-corrected chi connectivity index (χ0v) is 13.4. The molecule has 2 aromatic heterocycles. The lowest BCUT2D eigenvalue weighted by atomic mass is 10.00. The normalized spacial score (nSPS) is 17.7. The summed E-state index contributed by atoms with van der Waals surface area (Å²) in [5, 5.41) is 11.0. The van der Waals surface area contributed by atoms with Crippen molar-refractivity contribution in [3.63, 3.8) is 0 Å². The van der Waals surface area contributed by atoms with E-state index in [2.05, 4.69) is 4.98 Å². The summed E-state index contributed by atoms with van der Waals surface area (Å²) in [5.74, 6) is 0.623. The molecule has 1 atom stereocenters. The second kappa shape index (κ2) is 5.89. The van der Waals surface area contributed by atoms with Crippen LogP contribution in [-0.4, -0.2) is 20.8 Å². The molecule has 1 aliphatic rings. The average molecular weight is 306 g/mol. The molecule has 0 spiro atoms. The number of fused-ring (bicyclic) bond motifs is 1. The standard InChI is InChI=1S/C16H22N2O2S/c1-10-11(2)21-15-14(10)16(20)18(9-17-15)8-13(19)7-12-5-3-4-6-12/h9,12-13,19H,3-8H2,1-2H3. The minimum absolute atomic E-state index is 0.0210. The van der Waals surface area contributed by atoms with Crippen LogP contribution in [-0.2, 0) is 6.54 Å². The van der Waals surface area contributed by atoms with E-state index in [-0.39, 0.29) is 5.56 Å². The summed E-state index contributed by atoms with van der Waals surface area (Å²) in [6.45, 7) is 4.34. The maximum absolute atomic E-state index is 12.6. The summed E-state index contributed by atoms with van der Waals surface area (Å²) in [6, 6.07) is 0. The van der Waals surface area contributed by atoms with Gasteiger partial charge in [0, 0.05) is 4.88 Å². The number of rotatable bonds is 4. The molecule has 0 saturated heterocycles. The molecular formula is C16H22N2O2S. The third-order valence-electron chi connectivity index (χ3n) is 4.64. The Balaban J connectivity index is 1.82. The molecule has 0 aromatic carbocycles. The molecule has 2 aromatic rings. The molecule has 1 unspecified atom stereocenters. The van der Waals surface area contributed by atoms with Crippen molar-refractivity contribution in [2.24, 2.45) is 5.92 Å². The topological polar surface area (TPSA) is 55.1 Å². The first kappa shape index (κ1) is 14.7. The van der Waals surface area contributed by atoms with Crippen LogP contribution in [0.1, 0.15) is 42.5 Å². The van der Waals surface area contributed by atoms with Gasteiger partial charge in [-0.15, -0.1) is 11.3 Å². The summed E-state index contributed by atoms with van der Waals surface area (Å²) in [6.07, 6.45) is 6.91. The minimum Gasteiger partial charge on any atom is -0.391 e. The second-order valence-electron chi connectivity index (χ2n) is 6.21. The molecule has 2 heterocycles. The fourth-order valence-corrected chi connectivity index (χ4v) is 4.32. The van der Waals surface area contributed by atoms with Crippen molar-refractivity contribution in [3.05, 3.63) is 27.1 Å². The fourth-order valence-electron chi connectivity index (χ4n) is 3.33. The van der Waals surface area contributed by atoms with Crippen molar-refractivity contribution in [2.45, 2.75) is 58.6 Å². The third kappa shape index (κ3) is 2.90. The van der Waals surface area contributed by atoms with Crippen molar-refractivity contribution in [3.8, 4) is 0 Å². The highest BCUT2D eigenvalue weighted by atomic mass is 32.1. The second-order valence-corrected chi connectivity index (χ2v) is 7.41. The predicted octanol–water partition coefficient (Wildman–Crippen LogP) is 3.02. The largest absolute Gasteiger partial charge is 0.391 e. The van der Waals surface area contributed by atoms with Crippen LogP contribution in [0.3, 0.4) is 0 Å². The van der Waals surface area contributed by atoms with Gasteiger partial charge in [0.25, 0.3) is 5.56 Å². The number of hydrogen-bond donors (Lipinski definition) is 1. The van der Waals surface area contributed by atoms with Gasteiger partial charge in [0.1, 0.15) is 4.83 Å². The van der Waals surface area contributed by atoms with Crippen LogP contribution in [0.2, 0.25) is 0 Å². The molecule has 1 aliphatic carbocycles. The van der Waals surface area contributed by atoms with Gasteiger partial charge in [0.15, 0.2) is 0 Å². The van der Waals surface area contributed by atoms with Gasteiger partial charge in [-0.1, -0.05) is 25.7 Å². The van der Waals surface area contributed by atoms with E-state index in [0.29, 0.717) is 17.8 Å². The molecule has 114 valence electrons. The van der Waals surface area contributed by atoms with E-state index < -0.39 is 6.10 Å². The van der Waals surface area contributed by atoms with E-state index in [1.807, 2.05) is 13.8 Å². The van der Waals surface area contributed by atoms with Crippen LogP contribution >= 0.6 is 11.3 Å². The Labute approximate surface area is 128 Å². The van der Waals surface area contributed by atoms with Crippen LogP contribution in [0.25, 0.3) is 10.2 Å². The SMILES string of the molecule is Cc1sc2ncn(CC(O)CC3CCCC3)c(=O)c2c1C. The molecule has 0 aliphatic heterocycles. The van der Waals surface area contributed by atoms with Crippen molar-refractivity contribution in [1.29, 1.82) is 0 Å². The van der Waals surface area contributed by atoms with E-state index in [1.165, 1.54) is 25.7 Å². The number of thiophene rings is 1. The Morgan fingerprint density at radius 1 is 1.43 bits per heavy atom. The summed E-state index contributed by atoms with van der Waals surface area (Å²) < 4.78 is 1.57. The Bertz CT molecular complexity index is 698. The first-order chi connectivity index (χ1) is 10.1. The van der Waals surface area contributed by atoms with Crippen LogP contribution in [0.5, 0.6) is 0 Å². The minimum atomic E-state index is -0.454. The Morgan fingerprint density at radius 2 is 2.14 bits per heavy atom. The number of aromatic nitrogens is 2. The molecular weight excluding hydrogens is 284 g/mol. The van der Waals surface area contributed by atoms with Gasteiger partial charge in [0.05, 0.1) is 24.4 Å². The molecule has 4 nitrogen and oxygen atoms in total. The number of hydrogen-bond acceptors (Lipinski definition) is 4. The lowest BCUT2D eigenvalue weighted by Gasteiger charge is -2.16. The molecule has 0 radical (unpaired) electrons. The smallest absolute Gasteiger partial charge is 0.262 e. The van der Waals surface area contributed by atoms with E-state index in [9.17, 15) is 9.90 Å². The van der Waals surface area contributed by atoms with E-state index in [1.54, 1.807) is 22.2 Å². The summed E-state index contributed by atoms with van der Waals surface area (Å²) in [5.41, 5.74) is 0.999. The van der Waals surface area contributed by atoms with Gasteiger partial charge < -0.3 is 5.11 Å². The highest BCUT2D eigenvalue weighted by Gasteiger charge is 2.20. The quantitative estimate of drug-likeness (QED) is 0.944. The highest BCUT2D eigenvalue weighted by molar-refractivity contribution is 7.18. The number of aliphatic hydroxyl groups is 1. The van der Waals surface area contributed by atoms with Crippen LogP contribution < -0.4 is 5.56 Å². The maximum Gasteiger partial charge on any atom is 0.262 e. The maximum atomic E-state index is 12.6. The Morgan fingerprint density at radius 3 is 2.86 bits per heavy atom. The zero-order valence-electron chi connectivity index (χ0n) is 12.6. The monoisotopic (exact) mass is 306 g/mol. The van der Waals surface area contributed by atoms with Gasteiger partial charge in [-0.2, -0.15) is 0 Å². The van der Waals surface area contributed by atoms with Gasteiger partial charge in [-0.05, 0) is 31.7 Å². The van der Waals surface area contributed by atoms with Crippen LogP contribution in [0, 0.1) is 19.8 Å². The summed E-state index contributed by atoms with van der Waals surface area (Å²) in [7, 11) is 0. The first-order valence-corrected chi connectivity index (χ1v) is 8.51. The van der Waals surface area contributed by atoms with Crippen LogP contribution in [0.4, 0.5) is 0 Å². The Kier molecular flexibility index (Phi) is 4.13. The predicted molar refractivity (Wildman–Crippen MR) is 85.9 cm³/mol. The highest BCUT2D eigenvalue weighted by Crippen LogP contribution is 2.29. The molecule has 0 bridgehead atoms. The molecule has 1 fully saturated rings. The van der Waals surface area contributed by atoms with Crippen LogP contribution in [0.15, 0.2) is 11.1 Å². The molecule has 5 heteroatoms. The van der Waals surface area contributed by atoms with Crippen molar-refractivity contribution in [2.75, 3.05) is 0 Å². The Hall–Kier alpha value is -1.20. The van der Waals surface area contributed by atoms with Crippen molar-refractivity contribution >= 4 is 21.6 Å². The van der Waals surface area contributed by atoms with E-state index in [4.69, 9.17) is 0 Å². The molecule has 21 heavy (non-hydrogen) atoms. The van der Waals surface area contributed by atoms with Gasteiger partial charge in [0.2, 0.25) is 0 Å².